The first-order valence-electron chi connectivity index (χ1n) is 10.9. The molecule has 0 saturated carbocycles. The number of aromatic nitrogens is 2. The van der Waals surface area contributed by atoms with Gasteiger partial charge in [0.1, 0.15) is 0 Å². The van der Waals surface area contributed by atoms with Gasteiger partial charge in [0.2, 0.25) is 5.91 Å². The molecule has 0 radical (unpaired) electrons. The van der Waals surface area contributed by atoms with E-state index in [1.54, 1.807) is 11.0 Å². The van der Waals surface area contributed by atoms with Crippen LogP contribution in [0.1, 0.15) is 30.4 Å². The minimum absolute atomic E-state index is 0.0895. The van der Waals surface area contributed by atoms with Crippen LogP contribution in [0.4, 0.5) is 10.5 Å². The Morgan fingerprint density at radius 1 is 1.09 bits per heavy atom. The lowest BCUT2D eigenvalue weighted by Crippen LogP contribution is -2.32. The van der Waals surface area contributed by atoms with E-state index < -0.39 is 0 Å². The van der Waals surface area contributed by atoms with Crippen molar-refractivity contribution in [2.45, 2.75) is 39.3 Å². The van der Waals surface area contributed by atoms with Crippen molar-refractivity contribution in [3.05, 3.63) is 70.3 Å². The Morgan fingerprint density at radius 3 is 2.69 bits per heavy atom. The second-order valence-corrected chi connectivity index (χ2v) is 8.07. The zero-order valence-corrected chi connectivity index (χ0v) is 18.1. The summed E-state index contributed by atoms with van der Waals surface area (Å²) in [6, 6.07) is 12.8. The van der Waals surface area contributed by atoms with Crippen LogP contribution < -0.4 is 16.2 Å². The van der Waals surface area contributed by atoms with E-state index in [0.717, 1.165) is 37.1 Å². The molecule has 0 bridgehead atoms. The van der Waals surface area contributed by atoms with Crippen molar-refractivity contribution in [3.63, 3.8) is 0 Å². The number of rotatable bonds is 6. The molecule has 1 aromatic heterocycles. The molecule has 0 unspecified atom stereocenters. The summed E-state index contributed by atoms with van der Waals surface area (Å²) in [6.07, 6.45) is 3.75. The predicted octanol–water partition coefficient (Wildman–Crippen LogP) is 3.04. The van der Waals surface area contributed by atoms with E-state index in [0.29, 0.717) is 23.1 Å². The number of nitrogens with one attached hydrogen (secondary N) is 2. The highest BCUT2D eigenvalue weighted by atomic mass is 16.2. The quantitative estimate of drug-likeness (QED) is 0.625. The number of amides is 3. The number of carbonyl (C=O) groups is 2. The van der Waals surface area contributed by atoms with Gasteiger partial charge in [0.05, 0.1) is 17.2 Å². The van der Waals surface area contributed by atoms with Crippen molar-refractivity contribution in [2.24, 2.45) is 0 Å². The summed E-state index contributed by atoms with van der Waals surface area (Å²) >= 11 is 0. The molecule has 1 fully saturated rings. The number of carbonyl (C=O) groups excluding carboxylic acids is 2. The summed E-state index contributed by atoms with van der Waals surface area (Å²) in [5, 5.41) is 6.34. The summed E-state index contributed by atoms with van der Waals surface area (Å²) in [4.78, 5) is 43.4. The van der Waals surface area contributed by atoms with Crippen LogP contribution in [0.25, 0.3) is 10.9 Å². The van der Waals surface area contributed by atoms with Crippen LogP contribution in [-0.2, 0) is 17.9 Å². The fraction of sp³-hybridized carbons (Fsp3) is 0.333. The Morgan fingerprint density at radius 2 is 1.88 bits per heavy atom. The third-order valence-electron chi connectivity index (χ3n) is 5.70. The lowest BCUT2D eigenvalue weighted by molar-refractivity contribution is -0.121. The van der Waals surface area contributed by atoms with Gasteiger partial charge in [0, 0.05) is 38.3 Å². The van der Waals surface area contributed by atoms with Crippen LogP contribution in [0, 0.1) is 6.92 Å². The Labute approximate surface area is 186 Å². The number of aryl methyl sites for hydroxylation is 2. The maximum absolute atomic E-state index is 12.6. The molecule has 1 aliphatic rings. The molecule has 2 heterocycles. The number of benzene rings is 2. The number of likely N-dealkylation sites (tertiary alicyclic amines) is 1. The van der Waals surface area contributed by atoms with Crippen LogP contribution in [0.3, 0.4) is 0 Å². The minimum Gasteiger partial charge on any atom is -0.352 e. The van der Waals surface area contributed by atoms with Gasteiger partial charge in [0.15, 0.2) is 0 Å². The normalized spacial score (nSPS) is 13.3. The standard InChI is InChI=1S/C24H27N5O3/c1-17-6-4-9-20-22(17)26-16-29(23(20)31)13-10-21(30)25-15-18-7-5-8-19(14-18)27-24(32)28-11-2-3-12-28/h4-9,14,16H,2-3,10-13,15H2,1H3,(H,25,30)(H,27,32). The molecule has 166 valence electrons. The van der Waals surface area contributed by atoms with E-state index in [-0.39, 0.29) is 30.5 Å². The van der Waals surface area contributed by atoms with E-state index >= 15 is 0 Å². The number of para-hydroxylation sites is 1. The highest BCUT2D eigenvalue weighted by Gasteiger charge is 2.17. The van der Waals surface area contributed by atoms with E-state index in [4.69, 9.17) is 0 Å². The molecule has 32 heavy (non-hydrogen) atoms. The first kappa shape index (κ1) is 21.5. The average molecular weight is 434 g/mol. The Kier molecular flexibility index (Phi) is 6.49. The number of nitrogens with zero attached hydrogens (tertiary/aromatic N) is 3. The highest BCUT2D eigenvalue weighted by molar-refractivity contribution is 5.89. The van der Waals surface area contributed by atoms with Gasteiger partial charge in [-0.2, -0.15) is 0 Å². The molecule has 1 saturated heterocycles. The van der Waals surface area contributed by atoms with Crippen LogP contribution in [-0.4, -0.2) is 39.5 Å². The summed E-state index contributed by atoms with van der Waals surface area (Å²) in [5.74, 6) is -0.159. The maximum Gasteiger partial charge on any atom is 0.321 e. The van der Waals surface area contributed by atoms with Gasteiger partial charge in [-0.05, 0) is 49.1 Å². The first-order valence-corrected chi connectivity index (χ1v) is 10.9. The zero-order valence-electron chi connectivity index (χ0n) is 18.1. The molecule has 2 aromatic carbocycles. The minimum atomic E-state index is -0.159. The van der Waals surface area contributed by atoms with E-state index in [2.05, 4.69) is 15.6 Å². The van der Waals surface area contributed by atoms with Gasteiger partial charge in [-0.15, -0.1) is 0 Å². The molecule has 2 N–H and O–H groups in total. The number of urea groups is 1. The third-order valence-corrected chi connectivity index (χ3v) is 5.70. The topological polar surface area (TPSA) is 96.3 Å². The largest absolute Gasteiger partial charge is 0.352 e. The molecule has 8 heteroatoms. The monoisotopic (exact) mass is 433 g/mol. The van der Waals surface area contributed by atoms with E-state index in [1.165, 1.54) is 10.9 Å². The number of hydrogen-bond donors (Lipinski definition) is 2. The fourth-order valence-electron chi connectivity index (χ4n) is 3.89. The molecule has 3 amide bonds. The third kappa shape index (κ3) is 4.96. The summed E-state index contributed by atoms with van der Waals surface area (Å²) < 4.78 is 1.47. The van der Waals surface area contributed by atoms with Gasteiger partial charge in [-0.1, -0.05) is 24.3 Å². The van der Waals surface area contributed by atoms with Gasteiger partial charge in [0.25, 0.3) is 5.56 Å². The molecule has 8 nitrogen and oxygen atoms in total. The van der Waals surface area contributed by atoms with E-state index in [9.17, 15) is 14.4 Å². The molecule has 0 atom stereocenters. The van der Waals surface area contributed by atoms with Gasteiger partial charge < -0.3 is 15.5 Å². The predicted molar refractivity (Wildman–Crippen MR) is 123 cm³/mol. The van der Waals surface area contributed by atoms with E-state index in [1.807, 2.05) is 43.3 Å². The summed E-state index contributed by atoms with van der Waals surface area (Å²) in [6.45, 7) is 4.09. The van der Waals surface area contributed by atoms with Gasteiger partial charge in [-0.25, -0.2) is 9.78 Å². The lowest BCUT2D eigenvalue weighted by Gasteiger charge is -2.16. The van der Waals surface area contributed by atoms with Crippen molar-refractivity contribution in [1.82, 2.24) is 19.8 Å². The van der Waals surface area contributed by atoms with Crippen LogP contribution in [0.2, 0.25) is 0 Å². The molecule has 0 aliphatic carbocycles. The van der Waals surface area contributed by atoms with Gasteiger partial charge in [-0.3, -0.25) is 14.2 Å². The molecular weight excluding hydrogens is 406 g/mol. The smallest absolute Gasteiger partial charge is 0.321 e. The van der Waals surface area contributed by atoms with Crippen molar-refractivity contribution < 1.29 is 9.59 Å². The lowest BCUT2D eigenvalue weighted by atomic mass is 10.1. The van der Waals surface area contributed by atoms with Crippen LogP contribution >= 0.6 is 0 Å². The van der Waals surface area contributed by atoms with Crippen LogP contribution in [0.5, 0.6) is 0 Å². The average Bonchev–Trinajstić information content (AvgIpc) is 3.33. The first-order chi connectivity index (χ1) is 15.5. The van der Waals surface area contributed by atoms with Crippen molar-refractivity contribution in [3.8, 4) is 0 Å². The zero-order chi connectivity index (χ0) is 22.5. The number of fused-ring (bicyclic) bond motifs is 1. The van der Waals surface area contributed by atoms with Crippen LogP contribution in [0.15, 0.2) is 53.6 Å². The molecular formula is C24H27N5O3. The Balaban J connectivity index is 1.31. The Hall–Kier alpha value is -3.68. The maximum atomic E-state index is 12.6. The second kappa shape index (κ2) is 9.64. The highest BCUT2D eigenvalue weighted by Crippen LogP contribution is 2.14. The Bertz CT molecular complexity index is 1200. The molecule has 1 aliphatic heterocycles. The number of hydrogen-bond acceptors (Lipinski definition) is 4. The van der Waals surface area contributed by atoms with Crippen molar-refractivity contribution >= 4 is 28.5 Å². The van der Waals surface area contributed by atoms with Gasteiger partial charge >= 0.3 is 6.03 Å². The number of anilines is 1. The fourth-order valence-corrected chi connectivity index (χ4v) is 3.89. The SMILES string of the molecule is Cc1cccc2c(=O)n(CCC(=O)NCc3cccc(NC(=O)N4CCCC4)c3)cnc12. The van der Waals surface area contributed by atoms with Crippen molar-refractivity contribution in [2.75, 3.05) is 18.4 Å². The summed E-state index contributed by atoms with van der Waals surface area (Å²) in [7, 11) is 0. The molecule has 3 aromatic rings. The second-order valence-electron chi connectivity index (χ2n) is 8.07. The summed E-state index contributed by atoms with van der Waals surface area (Å²) in [5.41, 5.74) is 3.08. The molecule has 0 spiro atoms. The van der Waals surface area contributed by atoms with Crippen molar-refractivity contribution in [1.29, 1.82) is 0 Å². The molecule has 4 rings (SSSR count).